The van der Waals surface area contributed by atoms with Gasteiger partial charge in [-0.05, 0) is 12.0 Å². The summed E-state index contributed by atoms with van der Waals surface area (Å²) in [5.41, 5.74) is -0.204. The second-order valence-corrected chi connectivity index (χ2v) is 7.75. The van der Waals surface area contributed by atoms with Gasteiger partial charge in [0.05, 0.1) is 11.8 Å². The number of carbonyl (C=O) groups excluding carboxylic acids is 3. The maximum absolute atomic E-state index is 14.4. The molecule has 1 saturated heterocycles. The van der Waals surface area contributed by atoms with Crippen molar-refractivity contribution in [1.82, 2.24) is 0 Å². The van der Waals surface area contributed by atoms with Crippen molar-refractivity contribution in [1.29, 1.82) is 0 Å². The molecule has 7 unspecified atom stereocenters. The molecule has 30 heavy (non-hydrogen) atoms. The number of carboxylic acid groups (broad SMARTS) is 1. The van der Waals surface area contributed by atoms with Gasteiger partial charge in [0.2, 0.25) is 6.10 Å². The Morgan fingerprint density at radius 3 is 2.47 bits per heavy atom. The Morgan fingerprint density at radius 1 is 1.20 bits per heavy atom. The van der Waals surface area contributed by atoms with E-state index in [1.165, 1.54) is 37.3 Å². The van der Waals surface area contributed by atoms with Crippen molar-refractivity contribution >= 4 is 23.9 Å². The number of hydrogen-bond acceptors (Lipinski definition) is 7. The van der Waals surface area contributed by atoms with Gasteiger partial charge in [-0.2, -0.15) is 8.78 Å². The predicted octanol–water partition coefficient (Wildman–Crippen LogP) is 1.73. The number of aliphatic carboxylic acids is 1. The van der Waals surface area contributed by atoms with Crippen molar-refractivity contribution in [2.24, 2.45) is 23.7 Å². The molecule has 7 atom stereocenters. The molecule has 3 fully saturated rings. The van der Waals surface area contributed by atoms with Crippen molar-refractivity contribution in [2.75, 3.05) is 0 Å². The summed E-state index contributed by atoms with van der Waals surface area (Å²) in [4.78, 5) is 47.8. The minimum Gasteiger partial charge on any atom is -0.477 e. The Bertz CT molecular complexity index is 901. The molecule has 0 amide bonds. The number of esters is 3. The second-order valence-electron chi connectivity index (χ2n) is 7.75. The highest BCUT2D eigenvalue weighted by Gasteiger charge is 2.70. The van der Waals surface area contributed by atoms with Gasteiger partial charge in [0, 0.05) is 18.8 Å². The highest BCUT2D eigenvalue weighted by molar-refractivity contribution is 5.87. The summed E-state index contributed by atoms with van der Waals surface area (Å²) in [5.74, 6) is -12.4. The Kier molecular flexibility index (Phi) is 4.74. The van der Waals surface area contributed by atoms with Crippen LogP contribution in [-0.2, 0) is 33.4 Å². The van der Waals surface area contributed by atoms with Crippen LogP contribution < -0.4 is 0 Å². The zero-order chi connectivity index (χ0) is 21.8. The van der Waals surface area contributed by atoms with E-state index in [2.05, 4.69) is 0 Å². The summed E-state index contributed by atoms with van der Waals surface area (Å²) in [5, 5.41) is 8.97. The average molecular weight is 424 g/mol. The first kappa shape index (κ1) is 20.2. The molecule has 10 heteroatoms. The van der Waals surface area contributed by atoms with E-state index in [0.29, 0.717) is 6.42 Å². The summed E-state index contributed by atoms with van der Waals surface area (Å²) in [6, 6.07) is 6.78. The van der Waals surface area contributed by atoms with E-state index in [-0.39, 0.29) is 11.5 Å². The number of fused-ring (bicyclic) bond motifs is 1. The number of halogens is 2. The van der Waals surface area contributed by atoms with Crippen molar-refractivity contribution < 1.29 is 47.3 Å². The minimum absolute atomic E-state index is 0.204. The molecule has 1 heterocycles. The number of hydrogen-bond donors (Lipinski definition) is 1. The summed E-state index contributed by atoms with van der Waals surface area (Å²) < 4.78 is 44.3. The van der Waals surface area contributed by atoms with Gasteiger partial charge in [-0.25, -0.2) is 4.79 Å². The first-order valence-corrected chi connectivity index (χ1v) is 9.37. The smallest absolute Gasteiger partial charge is 0.382 e. The number of carbonyl (C=O) groups is 4. The van der Waals surface area contributed by atoms with Crippen molar-refractivity contribution in [3.8, 4) is 0 Å². The lowest BCUT2D eigenvalue weighted by molar-refractivity contribution is -0.199. The van der Waals surface area contributed by atoms with Crippen LogP contribution in [0.3, 0.4) is 0 Å². The molecule has 0 aromatic heterocycles. The number of rotatable bonds is 6. The molecule has 1 N–H and O–H groups in total. The van der Waals surface area contributed by atoms with Gasteiger partial charge in [0.25, 0.3) is 0 Å². The predicted molar refractivity (Wildman–Crippen MR) is 91.9 cm³/mol. The maximum Gasteiger partial charge on any atom is 0.382 e. The van der Waals surface area contributed by atoms with Crippen LogP contribution >= 0.6 is 0 Å². The molecular formula is C20H18F2O8. The molecule has 0 radical (unpaired) electrons. The number of carboxylic acids is 1. The monoisotopic (exact) mass is 424 g/mol. The highest BCUT2D eigenvalue weighted by Crippen LogP contribution is 2.59. The molecule has 3 aliphatic rings. The maximum atomic E-state index is 14.4. The van der Waals surface area contributed by atoms with Gasteiger partial charge in [-0.1, -0.05) is 30.3 Å². The molecule has 2 bridgehead atoms. The molecule has 160 valence electrons. The lowest BCUT2D eigenvalue weighted by Crippen LogP contribution is -2.45. The van der Waals surface area contributed by atoms with Crippen LogP contribution in [0.2, 0.25) is 0 Å². The van der Waals surface area contributed by atoms with E-state index in [1.54, 1.807) is 0 Å². The van der Waals surface area contributed by atoms with Crippen molar-refractivity contribution in [3.05, 3.63) is 35.9 Å². The fraction of sp³-hybridized carbons (Fsp3) is 0.500. The number of ether oxygens (including phenoxy) is 3. The van der Waals surface area contributed by atoms with Crippen LogP contribution in [0.4, 0.5) is 8.78 Å². The molecular weight excluding hydrogens is 406 g/mol. The third kappa shape index (κ3) is 3.01. The van der Waals surface area contributed by atoms with Gasteiger partial charge in [0.15, 0.2) is 0 Å². The lowest BCUT2D eigenvalue weighted by atomic mass is 9.78. The van der Waals surface area contributed by atoms with Crippen LogP contribution in [0.5, 0.6) is 0 Å². The van der Waals surface area contributed by atoms with Crippen LogP contribution in [0.15, 0.2) is 30.3 Å². The van der Waals surface area contributed by atoms with Crippen molar-refractivity contribution in [3.63, 3.8) is 0 Å². The van der Waals surface area contributed by atoms with E-state index in [1.807, 2.05) is 0 Å². The lowest BCUT2D eigenvalue weighted by Gasteiger charge is -2.32. The third-order valence-corrected chi connectivity index (χ3v) is 6.07. The molecule has 0 spiro atoms. The molecule has 1 aromatic carbocycles. The third-order valence-electron chi connectivity index (χ3n) is 6.07. The molecule has 2 saturated carbocycles. The summed E-state index contributed by atoms with van der Waals surface area (Å²) in [6.45, 7) is 1.17. The Hall–Kier alpha value is -3.04. The van der Waals surface area contributed by atoms with E-state index in [4.69, 9.17) is 19.3 Å². The van der Waals surface area contributed by atoms with E-state index >= 15 is 0 Å². The Labute approximate surface area is 169 Å². The minimum atomic E-state index is -4.40. The molecule has 1 aromatic rings. The number of benzene rings is 1. The second kappa shape index (κ2) is 7.03. The fourth-order valence-electron chi connectivity index (χ4n) is 4.95. The zero-order valence-corrected chi connectivity index (χ0v) is 15.7. The van der Waals surface area contributed by atoms with Crippen LogP contribution in [0.1, 0.15) is 25.0 Å². The first-order valence-electron chi connectivity index (χ1n) is 9.37. The fourth-order valence-corrected chi connectivity index (χ4v) is 4.95. The van der Waals surface area contributed by atoms with Gasteiger partial charge < -0.3 is 19.3 Å². The number of alkyl halides is 2. The van der Waals surface area contributed by atoms with Gasteiger partial charge in [-0.15, -0.1) is 0 Å². The Balaban J connectivity index is 1.64. The van der Waals surface area contributed by atoms with E-state index in [0.717, 1.165) is 0 Å². The Morgan fingerprint density at radius 2 is 1.87 bits per heavy atom. The van der Waals surface area contributed by atoms with Crippen molar-refractivity contribution in [2.45, 2.75) is 37.6 Å². The first-order chi connectivity index (χ1) is 14.1. The topological polar surface area (TPSA) is 116 Å². The van der Waals surface area contributed by atoms with Gasteiger partial charge in [-0.3, -0.25) is 14.4 Å². The highest BCUT2D eigenvalue weighted by atomic mass is 19.3. The van der Waals surface area contributed by atoms with Crippen LogP contribution in [0, 0.1) is 23.7 Å². The summed E-state index contributed by atoms with van der Waals surface area (Å²) in [6.07, 6.45) is -3.60. The summed E-state index contributed by atoms with van der Waals surface area (Å²) >= 11 is 0. The zero-order valence-electron chi connectivity index (χ0n) is 15.7. The van der Waals surface area contributed by atoms with Gasteiger partial charge >= 0.3 is 29.8 Å². The molecule has 1 aliphatic heterocycles. The normalized spacial score (nSPS) is 32.4. The largest absolute Gasteiger partial charge is 0.477 e. The van der Waals surface area contributed by atoms with Gasteiger partial charge in [0.1, 0.15) is 12.2 Å². The quantitative estimate of drug-likeness (QED) is 0.542. The molecule has 4 rings (SSSR count). The van der Waals surface area contributed by atoms with E-state index in [9.17, 15) is 28.0 Å². The molecule has 8 nitrogen and oxygen atoms in total. The average Bonchev–Trinajstić information content (AvgIpc) is 3.29. The van der Waals surface area contributed by atoms with Crippen LogP contribution in [0.25, 0.3) is 0 Å². The molecule has 2 aliphatic carbocycles. The SMILES string of the molecule is CC(=O)OC1C2CC3C1OC(=O)C3C2C(=O)OC(c1ccccc1)C(F)(F)C(=O)O. The van der Waals surface area contributed by atoms with Crippen LogP contribution in [-0.4, -0.2) is 47.1 Å². The van der Waals surface area contributed by atoms with E-state index < -0.39 is 65.9 Å². The standard InChI is InChI=1S/C20H18F2O8/c1-8(23)28-14-10-7-11-12(17(24)29-15(11)14)13(10)18(25)30-16(20(21,22)19(26)27)9-5-3-2-4-6-9/h2-6,10-16H,7H2,1H3,(H,26,27). The summed E-state index contributed by atoms with van der Waals surface area (Å²) in [7, 11) is 0.